The van der Waals surface area contributed by atoms with Gasteiger partial charge in [-0.1, -0.05) is 6.07 Å². The smallest absolute Gasteiger partial charge is 0.246 e. The number of hydrogen-bond donors (Lipinski definition) is 0. The molecule has 5 nitrogen and oxygen atoms in total. The van der Waals surface area contributed by atoms with Gasteiger partial charge in [-0.05, 0) is 30.3 Å². The van der Waals surface area contributed by atoms with Crippen LogP contribution in [0.15, 0.2) is 53.3 Å². The first-order chi connectivity index (χ1) is 11.3. The van der Waals surface area contributed by atoms with Crippen LogP contribution in [0.1, 0.15) is 11.5 Å². The second-order valence-corrected chi connectivity index (χ2v) is 5.59. The summed E-state index contributed by atoms with van der Waals surface area (Å²) >= 11 is 0. The highest BCUT2D eigenvalue weighted by atomic mass is 16.3. The van der Waals surface area contributed by atoms with Gasteiger partial charge in [0, 0.05) is 57.1 Å². The van der Waals surface area contributed by atoms with Crippen LogP contribution in [-0.2, 0) is 11.2 Å². The average molecular weight is 311 g/mol. The predicted octanol–water partition coefficient (Wildman–Crippen LogP) is 2.07. The van der Waals surface area contributed by atoms with Crippen molar-refractivity contribution in [2.45, 2.75) is 6.42 Å². The lowest BCUT2D eigenvalue weighted by molar-refractivity contribution is -0.127. The standard InChI is InChI=1S/C18H21N3O2/c22-18(7-6-17-5-3-15-23-17)21-13-11-20(12-14-21)10-8-16-4-1-2-9-19-16/h1-7,9,15H,8,10-14H2/b7-6+. The van der Waals surface area contributed by atoms with Gasteiger partial charge in [0.05, 0.1) is 6.26 Å². The average Bonchev–Trinajstić information content (AvgIpc) is 3.13. The Hall–Kier alpha value is -2.40. The monoisotopic (exact) mass is 311 g/mol. The molecule has 0 saturated carbocycles. The molecule has 1 aliphatic heterocycles. The lowest BCUT2D eigenvalue weighted by atomic mass is 10.2. The minimum Gasteiger partial charge on any atom is -0.465 e. The van der Waals surface area contributed by atoms with E-state index in [1.54, 1.807) is 18.4 Å². The van der Waals surface area contributed by atoms with Gasteiger partial charge in [-0.3, -0.25) is 14.7 Å². The first kappa shape index (κ1) is 15.5. The maximum absolute atomic E-state index is 12.1. The first-order valence-electron chi connectivity index (χ1n) is 7.94. The molecular weight excluding hydrogens is 290 g/mol. The number of carbonyl (C=O) groups is 1. The van der Waals surface area contributed by atoms with E-state index in [0.29, 0.717) is 5.76 Å². The summed E-state index contributed by atoms with van der Waals surface area (Å²) in [4.78, 5) is 20.8. The summed E-state index contributed by atoms with van der Waals surface area (Å²) < 4.78 is 5.19. The van der Waals surface area contributed by atoms with E-state index in [-0.39, 0.29) is 5.91 Å². The van der Waals surface area contributed by atoms with E-state index in [9.17, 15) is 4.79 Å². The van der Waals surface area contributed by atoms with E-state index in [4.69, 9.17) is 4.42 Å². The lowest BCUT2D eigenvalue weighted by Crippen LogP contribution is -2.48. The zero-order chi connectivity index (χ0) is 15.9. The van der Waals surface area contributed by atoms with E-state index >= 15 is 0 Å². The van der Waals surface area contributed by atoms with Gasteiger partial charge in [0.15, 0.2) is 0 Å². The summed E-state index contributed by atoms with van der Waals surface area (Å²) in [6, 6.07) is 9.65. The van der Waals surface area contributed by atoms with Crippen LogP contribution in [-0.4, -0.2) is 53.4 Å². The Morgan fingerprint density at radius 3 is 2.74 bits per heavy atom. The van der Waals surface area contributed by atoms with E-state index in [2.05, 4.69) is 16.0 Å². The normalized spacial score (nSPS) is 16.1. The summed E-state index contributed by atoms with van der Waals surface area (Å²) in [5, 5.41) is 0. The number of furan rings is 1. The Morgan fingerprint density at radius 1 is 1.17 bits per heavy atom. The minimum atomic E-state index is 0.0470. The molecule has 0 aromatic carbocycles. The molecule has 5 heteroatoms. The zero-order valence-electron chi connectivity index (χ0n) is 13.1. The summed E-state index contributed by atoms with van der Waals surface area (Å²) in [7, 11) is 0. The van der Waals surface area contributed by atoms with Gasteiger partial charge in [-0.15, -0.1) is 0 Å². The van der Waals surface area contributed by atoms with Crippen LogP contribution in [0.4, 0.5) is 0 Å². The predicted molar refractivity (Wildman–Crippen MR) is 88.7 cm³/mol. The van der Waals surface area contributed by atoms with E-state index in [1.807, 2.05) is 35.4 Å². The van der Waals surface area contributed by atoms with Gasteiger partial charge in [-0.2, -0.15) is 0 Å². The highest BCUT2D eigenvalue weighted by Gasteiger charge is 2.19. The second kappa shape index (κ2) is 7.74. The van der Waals surface area contributed by atoms with Crippen molar-refractivity contribution >= 4 is 12.0 Å². The summed E-state index contributed by atoms with van der Waals surface area (Å²) in [5.74, 6) is 0.748. The van der Waals surface area contributed by atoms with Crippen LogP contribution in [0.5, 0.6) is 0 Å². The van der Waals surface area contributed by atoms with Crippen LogP contribution in [0, 0.1) is 0 Å². The van der Waals surface area contributed by atoms with Crippen molar-refractivity contribution in [3.8, 4) is 0 Å². The fraction of sp³-hybridized carbons (Fsp3) is 0.333. The molecule has 3 heterocycles. The third-order valence-corrected chi connectivity index (χ3v) is 4.03. The number of rotatable bonds is 5. The van der Waals surface area contributed by atoms with Gasteiger partial charge in [0.25, 0.3) is 0 Å². The topological polar surface area (TPSA) is 49.6 Å². The molecule has 3 rings (SSSR count). The first-order valence-corrected chi connectivity index (χ1v) is 7.94. The molecule has 2 aromatic rings. The fourth-order valence-corrected chi connectivity index (χ4v) is 2.66. The molecule has 23 heavy (non-hydrogen) atoms. The highest BCUT2D eigenvalue weighted by molar-refractivity contribution is 5.91. The Bertz CT molecular complexity index is 630. The molecule has 0 atom stereocenters. The van der Waals surface area contributed by atoms with Crippen LogP contribution in [0.25, 0.3) is 6.08 Å². The van der Waals surface area contributed by atoms with Crippen LogP contribution >= 0.6 is 0 Å². The molecule has 120 valence electrons. The zero-order valence-corrected chi connectivity index (χ0v) is 13.1. The van der Waals surface area contributed by atoms with Gasteiger partial charge >= 0.3 is 0 Å². The molecule has 0 unspecified atom stereocenters. The van der Waals surface area contributed by atoms with Crippen molar-refractivity contribution in [2.24, 2.45) is 0 Å². The van der Waals surface area contributed by atoms with Crippen molar-refractivity contribution in [3.05, 3.63) is 60.3 Å². The van der Waals surface area contributed by atoms with E-state index < -0.39 is 0 Å². The number of aromatic nitrogens is 1. The molecule has 2 aromatic heterocycles. The number of hydrogen-bond acceptors (Lipinski definition) is 4. The van der Waals surface area contributed by atoms with E-state index in [1.165, 1.54) is 0 Å². The summed E-state index contributed by atoms with van der Waals surface area (Å²) in [6.45, 7) is 4.34. The molecule has 0 bridgehead atoms. The Balaban J connectivity index is 1.42. The van der Waals surface area contributed by atoms with E-state index in [0.717, 1.165) is 44.8 Å². The summed E-state index contributed by atoms with van der Waals surface area (Å²) in [5.41, 5.74) is 1.12. The Morgan fingerprint density at radius 2 is 2.04 bits per heavy atom. The molecular formula is C18H21N3O2. The van der Waals surface area contributed by atoms with Crippen molar-refractivity contribution in [1.29, 1.82) is 0 Å². The van der Waals surface area contributed by atoms with Crippen molar-refractivity contribution in [3.63, 3.8) is 0 Å². The maximum atomic E-state index is 12.1. The van der Waals surface area contributed by atoms with Crippen molar-refractivity contribution in [2.75, 3.05) is 32.7 Å². The third kappa shape index (κ3) is 4.53. The van der Waals surface area contributed by atoms with Gasteiger partial charge in [0.1, 0.15) is 5.76 Å². The largest absolute Gasteiger partial charge is 0.465 e. The molecule has 1 saturated heterocycles. The third-order valence-electron chi connectivity index (χ3n) is 4.03. The molecule has 0 spiro atoms. The highest BCUT2D eigenvalue weighted by Crippen LogP contribution is 2.07. The molecule has 1 amide bonds. The summed E-state index contributed by atoms with van der Waals surface area (Å²) in [6.07, 6.45) is 7.69. The number of nitrogens with zero attached hydrogens (tertiary/aromatic N) is 3. The quantitative estimate of drug-likeness (QED) is 0.793. The minimum absolute atomic E-state index is 0.0470. The molecule has 0 radical (unpaired) electrons. The van der Waals surface area contributed by atoms with Crippen LogP contribution in [0.3, 0.4) is 0 Å². The van der Waals surface area contributed by atoms with Crippen LogP contribution in [0.2, 0.25) is 0 Å². The van der Waals surface area contributed by atoms with Gasteiger partial charge in [0.2, 0.25) is 5.91 Å². The second-order valence-electron chi connectivity index (χ2n) is 5.59. The number of pyridine rings is 1. The molecule has 0 N–H and O–H groups in total. The van der Waals surface area contributed by atoms with Crippen molar-refractivity contribution < 1.29 is 9.21 Å². The van der Waals surface area contributed by atoms with Gasteiger partial charge in [-0.25, -0.2) is 0 Å². The van der Waals surface area contributed by atoms with Crippen LogP contribution < -0.4 is 0 Å². The molecule has 1 fully saturated rings. The molecule has 1 aliphatic rings. The SMILES string of the molecule is O=C(/C=C/c1ccco1)N1CCN(CCc2ccccn2)CC1. The number of piperazine rings is 1. The van der Waals surface area contributed by atoms with Gasteiger partial charge < -0.3 is 9.32 Å². The number of carbonyl (C=O) groups excluding carboxylic acids is 1. The lowest BCUT2D eigenvalue weighted by Gasteiger charge is -2.34. The number of amides is 1. The fourth-order valence-electron chi connectivity index (χ4n) is 2.66. The van der Waals surface area contributed by atoms with Crippen molar-refractivity contribution in [1.82, 2.24) is 14.8 Å². The Labute approximate surface area is 136 Å². The molecule has 0 aliphatic carbocycles. The Kier molecular flexibility index (Phi) is 5.21. The maximum Gasteiger partial charge on any atom is 0.246 e.